The summed E-state index contributed by atoms with van der Waals surface area (Å²) in [6, 6.07) is 3.61. The molecule has 6 nitrogen and oxygen atoms in total. The molecule has 0 aliphatic carbocycles. The number of aromatic carboxylic acids is 1. The van der Waals surface area contributed by atoms with Crippen molar-refractivity contribution >= 4 is 22.8 Å². The van der Waals surface area contributed by atoms with Crippen molar-refractivity contribution in [2.24, 2.45) is 0 Å². The average Bonchev–Trinajstić information content (AvgIpc) is 2.37. The van der Waals surface area contributed by atoms with Crippen molar-refractivity contribution in [2.75, 3.05) is 5.75 Å². The molecule has 110 valence electrons. The van der Waals surface area contributed by atoms with Crippen LogP contribution in [0.2, 0.25) is 0 Å². The fourth-order valence-electron chi connectivity index (χ4n) is 1.61. The molecule has 0 bridgehead atoms. The molecule has 0 aromatic heterocycles. The van der Waals surface area contributed by atoms with E-state index in [2.05, 4.69) is 0 Å². The Morgan fingerprint density at radius 1 is 1.30 bits per heavy atom. The van der Waals surface area contributed by atoms with Crippen LogP contribution < -0.4 is 0 Å². The monoisotopic (exact) mass is 300 g/mol. The molecule has 0 spiro atoms. The average molecular weight is 300 g/mol. The molecule has 0 fully saturated rings. The molecule has 1 rings (SSSR count). The lowest BCUT2D eigenvalue weighted by atomic mass is 10.00. The van der Waals surface area contributed by atoms with E-state index in [1.54, 1.807) is 0 Å². The van der Waals surface area contributed by atoms with Crippen molar-refractivity contribution in [3.8, 4) is 5.75 Å². The molecule has 0 saturated heterocycles. The third-order valence-corrected chi connectivity index (χ3v) is 3.52. The van der Waals surface area contributed by atoms with E-state index in [0.717, 1.165) is 23.9 Å². The highest BCUT2D eigenvalue weighted by atomic mass is 32.2. The van der Waals surface area contributed by atoms with E-state index in [4.69, 9.17) is 5.11 Å². The number of carboxylic acids is 1. The number of phenols is 1. The Kier molecular flexibility index (Phi) is 6.00. The van der Waals surface area contributed by atoms with Gasteiger partial charge in [0.2, 0.25) is 0 Å². The van der Waals surface area contributed by atoms with Crippen LogP contribution in [0.1, 0.15) is 35.4 Å². The lowest BCUT2D eigenvalue weighted by molar-refractivity contribution is -0.109. The van der Waals surface area contributed by atoms with Crippen molar-refractivity contribution in [1.82, 2.24) is 0 Å². The van der Waals surface area contributed by atoms with E-state index >= 15 is 0 Å². The largest absolute Gasteiger partial charge is 0.507 e. The number of aromatic hydroxyl groups is 1. The van der Waals surface area contributed by atoms with Gasteiger partial charge < -0.3 is 20.4 Å². The van der Waals surface area contributed by atoms with Gasteiger partial charge in [-0.3, -0.25) is 4.79 Å². The summed E-state index contributed by atoms with van der Waals surface area (Å²) in [4.78, 5) is 21.6. The van der Waals surface area contributed by atoms with Gasteiger partial charge in [-0.1, -0.05) is 17.8 Å². The molecule has 0 radical (unpaired) electrons. The molecule has 0 saturated carbocycles. The highest BCUT2D eigenvalue weighted by molar-refractivity contribution is 8.13. The van der Waals surface area contributed by atoms with Crippen LogP contribution in [0.4, 0.5) is 0 Å². The number of rotatable bonds is 6. The van der Waals surface area contributed by atoms with E-state index < -0.39 is 23.9 Å². The molecule has 7 heteroatoms. The van der Waals surface area contributed by atoms with Gasteiger partial charge in [0.25, 0.3) is 0 Å². The van der Waals surface area contributed by atoms with Crippen molar-refractivity contribution in [1.29, 1.82) is 0 Å². The zero-order chi connectivity index (χ0) is 15.3. The van der Waals surface area contributed by atoms with Crippen molar-refractivity contribution in [3.05, 3.63) is 29.3 Å². The third kappa shape index (κ3) is 4.52. The van der Waals surface area contributed by atoms with E-state index in [-0.39, 0.29) is 22.7 Å². The van der Waals surface area contributed by atoms with Crippen LogP contribution in [0.3, 0.4) is 0 Å². The summed E-state index contributed by atoms with van der Waals surface area (Å²) < 4.78 is 0. The topological polar surface area (TPSA) is 115 Å². The molecule has 0 aliphatic rings. The number of benzene rings is 1. The molecular formula is C13H16O6S. The van der Waals surface area contributed by atoms with E-state index in [1.807, 2.05) is 0 Å². The van der Waals surface area contributed by atoms with Gasteiger partial charge in [0.1, 0.15) is 17.4 Å². The van der Waals surface area contributed by atoms with Crippen LogP contribution in [0, 0.1) is 0 Å². The number of hydrogen-bond acceptors (Lipinski definition) is 6. The van der Waals surface area contributed by atoms with Crippen molar-refractivity contribution in [2.45, 2.75) is 25.6 Å². The Bertz CT molecular complexity index is 502. The third-order valence-electron chi connectivity index (χ3n) is 2.68. The second-order valence-electron chi connectivity index (χ2n) is 4.22. The second-order valence-corrected chi connectivity index (χ2v) is 5.49. The minimum absolute atomic E-state index is 0.0792. The summed E-state index contributed by atoms with van der Waals surface area (Å²) in [6.45, 7) is 1.41. The maximum atomic E-state index is 10.9. The minimum atomic E-state index is -1.32. The number of aliphatic hydroxyl groups is 2. The molecule has 2 unspecified atom stereocenters. The van der Waals surface area contributed by atoms with E-state index in [9.17, 15) is 24.9 Å². The van der Waals surface area contributed by atoms with Gasteiger partial charge in [0.05, 0.1) is 6.10 Å². The molecule has 1 aromatic rings. The zero-order valence-electron chi connectivity index (χ0n) is 10.8. The Hall–Kier alpha value is -1.57. The number of carboxylic acid groups (broad SMARTS) is 1. The van der Waals surface area contributed by atoms with Crippen molar-refractivity contribution < 1.29 is 30.0 Å². The molecule has 4 N–H and O–H groups in total. The Labute approximate surface area is 120 Å². The van der Waals surface area contributed by atoms with Crippen LogP contribution in [-0.4, -0.2) is 43.4 Å². The van der Waals surface area contributed by atoms with E-state index in [0.29, 0.717) is 5.75 Å². The predicted molar refractivity (Wildman–Crippen MR) is 73.8 cm³/mol. The molecule has 0 heterocycles. The fourth-order valence-corrected chi connectivity index (χ4v) is 2.26. The zero-order valence-corrected chi connectivity index (χ0v) is 11.6. The predicted octanol–water partition coefficient (Wildman–Crippen LogP) is 1.15. The van der Waals surface area contributed by atoms with Crippen LogP contribution in [0.5, 0.6) is 5.75 Å². The summed E-state index contributed by atoms with van der Waals surface area (Å²) in [7, 11) is 0. The van der Waals surface area contributed by atoms with Gasteiger partial charge in [-0.05, 0) is 24.1 Å². The van der Waals surface area contributed by atoms with Gasteiger partial charge in [0.15, 0.2) is 5.12 Å². The summed E-state index contributed by atoms with van der Waals surface area (Å²) in [5.74, 6) is -1.37. The first-order chi connectivity index (χ1) is 9.32. The first-order valence-electron chi connectivity index (χ1n) is 5.88. The first-order valence-corrected chi connectivity index (χ1v) is 6.87. The minimum Gasteiger partial charge on any atom is -0.507 e. The Balaban J connectivity index is 2.76. The highest BCUT2D eigenvalue weighted by Crippen LogP contribution is 2.25. The number of thioether (sulfide) groups is 1. The van der Waals surface area contributed by atoms with Crippen LogP contribution in [-0.2, 0) is 4.79 Å². The lowest BCUT2D eigenvalue weighted by Gasteiger charge is -2.18. The molecular weight excluding hydrogens is 284 g/mol. The highest BCUT2D eigenvalue weighted by Gasteiger charge is 2.21. The molecule has 20 heavy (non-hydrogen) atoms. The maximum Gasteiger partial charge on any atom is 0.339 e. The first kappa shape index (κ1) is 16.5. The number of carbonyl (C=O) groups is 2. The summed E-state index contributed by atoms with van der Waals surface area (Å²) in [5.41, 5.74) is -0.146. The number of carbonyl (C=O) groups excluding carboxylic acids is 1. The normalized spacial score (nSPS) is 13.8. The SMILES string of the molecule is CC(=O)SCCC(O)C(O)c1ccc(O)c(C(=O)O)c1. The standard InChI is InChI=1S/C13H16O6S/c1-7(14)20-5-4-11(16)12(17)8-2-3-10(15)9(6-8)13(18)19/h2-3,6,11-12,15-17H,4-5H2,1H3,(H,18,19). The van der Waals surface area contributed by atoms with Crippen LogP contribution >= 0.6 is 11.8 Å². The molecule has 1 aromatic carbocycles. The lowest BCUT2D eigenvalue weighted by Crippen LogP contribution is -2.19. The number of hydrogen-bond donors (Lipinski definition) is 4. The van der Waals surface area contributed by atoms with Crippen LogP contribution in [0.25, 0.3) is 0 Å². The van der Waals surface area contributed by atoms with Crippen LogP contribution in [0.15, 0.2) is 18.2 Å². The maximum absolute atomic E-state index is 10.9. The Morgan fingerprint density at radius 2 is 1.95 bits per heavy atom. The van der Waals surface area contributed by atoms with Gasteiger partial charge in [0, 0.05) is 12.7 Å². The van der Waals surface area contributed by atoms with E-state index in [1.165, 1.54) is 13.0 Å². The summed E-state index contributed by atoms with van der Waals surface area (Å²) >= 11 is 1.04. The van der Waals surface area contributed by atoms with Gasteiger partial charge in [-0.25, -0.2) is 4.79 Å². The van der Waals surface area contributed by atoms with Gasteiger partial charge >= 0.3 is 5.97 Å². The molecule has 0 amide bonds. The van der Waals surface area contributed by atoms with Gasteiger partial charge in [-0.15, -0.1) is 0 Å². The van der Waals surface area contributed by atoms with Gasteiger partial charge in [-0.2, -0.15) is 0 Å². The second kappa shape index (κ2) is 7.28. The quantitative estimate of drug-likeness (QED) is 0.623. The van der Waals surface area contributed by atoms with Crippen molar-refractivity contribution in [3.63, 3.8) is 0 Å². The molecule has 2 atom stereocenters. The summed E-state index contributed by atoms with van der Waals surface area (Å²) in [5, 5.41) is 37.9. The molecule has 0 aliphatic heterocycles. The Morgan fingerprint density at radius 3 is 2.50 bits per heavy atom. The smallest absolute Gasteiger partial charge is 0.339 e. The fraction of sp³-hybridized carbons (Fsp3) is 0.385. The summed E-state index contributed by atoms with van der Waals surface area (Å²) in [6.07, 6.45) is -2.20. The number of aliphatic hydroxyl groups excluding tert-OH is 2.